The number of hydrogen-bond donors (Lipinski definition) is 1. The molecule has 23 heavy (non-hydrogen) atoms. The van der Waals surface area contributed by atoms with E-state index in [4.69, 9.17) is 4.74 Å². The van der Waals surface area contributed by atoms with Crippen LogP contribution in [0.25, 0.3) is 0 Å². The van der Waals surface area contributed by atoms with Crippen LogP contribution >= 0.6 is 0 Å². The van der Waals surface area contributed by atoms with E-state index in [1.54, 1.807) is 0 Å². The number of nitrogens with one attached hydrogen (secondary N) is 1. The molecule has 0 aromatic heterocycles. The molecule has 0 radical (unpaired) electrons. The fraction of sp³-hybridized carbons (Fsp3) is 0.350. The van der Waals surface area contributed by atoms with E-state index in [0.717, 1.165) is 29.8 Å². The van der Waals surface area contributed by atoms with Crippen molar-refractivity contribution in [3.63, 3.8) is 0 Å². The fourth-order valence-corrected chi connectivity index (χ4v) is 2.41. The maximum atomic E-state index is 12.0. The Labute approximate surface area is 138 Å². The molecule has 2 rings (SSSR count). The van der Waals surface area contributed by atoms with Crippen molar-refractivity contribution in [3.8, 4) is 5.75 Å². The molecular weight excluding hydrogens is 286 g/mol. The molecule has 1 unspecified atom stereocenters. The number of benzene rings is 2. The highest BCUT2D eigenvalue weighted by Gasteiger charge is 2.07. The van der Waals surface area contributed by atoms with Gasteiger partial charge in [0.05, 0.1) is 0 Å². The first-order valence-corrected chi connectivity index (χ1v) is 8.24. The number of aryl methyl sites for hydroxylation is 1. The number of hydrogen-bond acceptors (Lipinski definition) is 2. The average Bonchev–Trinajstić information content (AvgIpc) is 2.60. The van der Waals surface area contributed by atoms with Crippen LogP contribution in [-0.2, 0) is 11.2 Å². The molecule has 1 N–H and O–H groups in total. The third-order valence-corrected chi connectivity index (χ3v) is 4.10. The molecule has 2 aromatic carbocycles. The fourth-order valence-electron chi connectivity index (χ4n) is 2.41. The molecule has 0 bridgehead atoms. The molecular formula is C20H25NO2. The molecule has 1 amide bonds. The number of para-hydroxylation sites is 1. The summed E-state index contributed by atoms with van der Waals surface area (Å²) in [5.41, 5.74) is 3.27. The van der Waals surface area contributed by atoms with E-state index in [-0.39, 0.29) is 12.5 Å². The van der Waals surface area contributed by atoms with E-state index in [1.807, 2.05) is 36.4 Å². The van der Waals surface area contributed by atoms with Crippen LogP contribution in [0.3, 0.4) is 0 Å². The van der Waals surface area contributed by atoms with Gasteiger partial charge in [-0.3, -0.25) is 4.79 Å². The van der Waals surface area contributed by atoms with Crippen LogP contribution in [-0.4, -0.2) is 12.5 Å². The summed E-state index contributed by atoms with van der Waals surface area (Å²) in [6.07, 6.45) is 1.99. The first kappa shape index (κ1) is 17.1. The Morgan fingerprint density at radius 1 is 1.09 bits per heavy atom. The lowest BCUT2D eigenvalue weighted by atomic mass is 9.99. The van der Waals surface area contributed by atoms with E-state index in [1.165, 1.54) is 5.56 Å². The quantitative estimate of drug-likeness (QED) is 0.799. The molecule has 1 atom stereocenters. The molecule has 2 aromatic rings. The van der Waals surface area contributed by atoms with Crippen LogP contribution in [0.2, 0.25) is 0 Å². The second-order valence-corrected chi connectivity index (χ2v) is 5.73. The Balaban J connectivity index is 1.89. The summed E-state index contributed by atoms with van der Waals surface area (Å²) in [6.45, 7) is 6.46. The van der Waals surface area contributed by atoms with E-state index >= 15 is 0 Å². The molecule has 3 heteroatoms. The lowest BCUT2D eigenvalue weighted by molar-refractivity contribution is -0.118. The van der Waals surface area contributed by atoms with Crippen LogP contribution in [0, 0.1) is 0 Å². The molecule has 3 nitrogen and oxygen atoms in total. The zero-order chi connectivity index (χ0) is 16.7. The number of rotatable bonds is 7. The zero-order valence-electron chi connectivity index (χ0n) is 14.1. The zero-order valence-corrected chi connectivity index (χ0v) is 14.1. The summed E-state index contributed by atoms with van der Waals surface area (Å²) in [4.78, 5) is 12.0. The molecule has 0 spiro atoms. The first-order chi connectivity index (χ1) is 11.1. The summed E-state index contributed by atoms with van der Waals surface area (Å²) in [5, 5.41) is 2.91. The molecule has 122 valence electrons. The minimum atomic E-state index is -0.142. The second-order valence-electron chi connectivity index (χ2n) is 5.73. The Hall–Kier alpha value is -2.29. The summed E-state index contributed by atoms with van der Waals surface area (Å²) in [6, 6.07) is 15.8. The maximum absolute atomic E-state index is 12.0. The van der Waals surface area contributed by atoms with Crippen molar-refractivity contribution in [1.29, 1.82) is 0 Å². The van der Waals surface area contributed by atoms with Gasteiger partial charge in [-0.25, -0.2) is 0 Å². The van der Waals surface area contributed by atoms with Gasteiger partial charge >= 0.3 is 0 Å². The smallest absolute Gasteiger partial charge is 0.262 e. The molecule has 0 aliphatic carbocycles. The molecule has 0 fully saturated rings. The minimum absolute atomic E-state index is 0.0146. The SMILES string of the molecule is CCc1ccccc1NC(=O)COc1ccc(C(C)CC)cc1. The summed E-state index contributed by atoms with van der Waals surface area (Å²) < 4.78 is 5.57. The van der Waals surface area contributed by atoms with Crippen molar-refractivity contribution in [2.24, 2.45) is 0 Å². The van der Waals surface area contributed by atoms with Crippen molar-refractivity contribution < 1.29 is 9.53 Å². The molecule has 0 heterocycles. The van der Waals surface area contributed by atoms with Gasteiger partial charge in [0.25, 0.3) is 5.91 Å². The number of carbonyl (C=O) groups is 1. The third-order valence-electron chi connectivity index (χ3n) is 4.10. The van der Waals surface area contributed by atoms with E-state index in [2.05, 4.69) is 38.2 Å². The predicted octanol–water partition coefficient (Wildman–Crippen LogP) is 4.78. The van der Waals surface area contributed by atoms with Gasteiger partial charge in [-0.05, 0) is 48.1 Å². The number of carbonyl (C=O) groups excluding carboxylic acids is 1. The van der Waals surface area contributed by atoms with Gasteiger partial charge in [0, 0.05) is 5.69 Å². The number of anilines is 1. The lowest BCUT2D eigenvalue weighted by Gasteiger charge is -2.12. The Morgan fingerprint density at radius 3 is 2.43 bits per heavy atom. The normalized spacial score (nSPS) is 11.8. The lowest BCUT2D eigenvalue weighted by Crippen LogP contribution is -2.20. The van der Waals surface area contributed by atoms with Crippen LogP contribution in [0.1, 0.15) is 44.2 Å². The van der Waals surface area contributed by atoms with Gasteiger partial charge in [-0.1, -0.05) is 51.1 Å². The largest absolute Gasteiger partial charge is 0.484 e. The minimum Gasteiger partial charge on any atom is -0.484 e. The van der Waals surface area contributed by atoms with Crippen molar-refractivity contribution in [3.05, 3.63) is 59.7 Å². The summed E-state index contributed by atoms with van der Waals surface area (Å²) >= 11 is 0. The van der Waals surface area contributed by atoms with Crippen LogP contribution in [0.4, 0.5) is 5.69 Å². The van der Waals surface area contributed by atoms with Gasteiger partial charge in [0.2, 0.25) is 0 Å². The van der Waals surface area contributed by atoms with Crippen LogP contribution in [0.15, 0.2) is 48.5 Å². The van der Waals surface area contributed by atoms with Crippen molar-refractivity contribution >= 4 is 11.6 Å². The van der Waals surface area contributed by atoms with Gasteiger partial charge in [-0.15, -0.1) is 0 Å². The maximum Gasteiger partial charge on any atom is 0.262 e. The van der Waals surface area contributed by atoms with Crippen molar-refractivity contribution in [2.45, 2.75) is 39.5 Å². The topological polar surface area (TPSA) is 38.3 Å². The van der Waals surface area contributed by atoms with Gasteiger partial charge in [-0.2, -0.15) is 0 Å². The van der Waals surface area contributed by atoms with Gasteiger partial charge < -0.3 is 10.1 Å². The third kappa shape index (κ3) is 4.85. The predicted molar refractivity (Wildman–Crippen MR) is 95.1 cm³/mol. The molecule has 0 aliphatic rings. The van der Waals surface area contributed by atoms with Gasteiger partial charge in [0.1, 0.15) is 5.75 Å². The van der Waals surface area contributed by atoms with Crippen molar-refractivity contribution in [1.82, 2.24) is 0 Å². The average molecular weight is 311 g/mol. The van der Waals surface area contributed by atoms with Gasteiger partial charge in [0.15, 0.2) is 6.61 Å². The molecule has 0 aliphatic heterocycles. The van der Waals surface area contributed by atoms with Crippen LogP contribution in [0.5, 0.6) is 5.75 Å². The van der Waals surface area contributed by atoms with E-state index < -0.39 is 0 Å². The molecule has 0 saturated heterocycles. The highest BCUT2D eigenvalue weighted by atomic mass is 16.5. The Bertz CT molecular complexity index is 634. The summed E-state index contributed by atoms with van der Waals surface area (Å²) in [7, 11) is 0. The Kier molecular flexibility index (Phi) is 6.21. The molecule has 0 saturated carbocycles. The highest BCUT2D eigenvalue weighted by molar-refractivity contribution is 5.92. The monoisotopic (exact) mass is 311 g/mol. The summed E-state index contributed by atoms with van der Waals surface area (Å²) in [5.74, 6) is 1.12. The van der Waals surface area contributed by atoms with E-state index in [9.17, 15) is 4.79 Å². The highest BCUT2D eigenvalue weighted by Crippen LogP contribution is 2.21. The number of amides is 1. The number of ether oxygens (including phenoxy) is 1. The van der Waals surface area contributed by atoms with Crippen LogP contribution < -0.4 is 10.1 Å². The van der Waals surface area contributed by atoms with Crippen molar-refractivity contribution in [2.75, 3.05) is 11.9 Å². The van der Waals surface area contributed by atoms with E-state index in [0.29, 0.717) is 5.92 Å². The second kappa shape index (κ2) is 8.37. The first-order valence-electron chi connectivity index (χ1n) is 8.24. The Morgan fingerprint density at radius 2 is 1.78 bits per heavy atom. The standard InChI is InChI=1S/C20H25NO2/c1-4-15(3)17-10-12-18(13-11-17)23-14-20(22)21-19-9-7-6-8-16(19)5-2/h6-13,15H,4-5,14H2,1-3H3,(H,21,22).